The molecule has 0 heterocycles. The SMILES string of the molecule is C=C(C(=O)OCC)C(F)c1ccccc1I. The summed E-state index contributed by atoms with van der Waals surface area (Å²) < 4.78 is 19.4. The Kier molecular flexibility index (Phi) is 4.92. The molecule has 0 N–H and O–H groups in total. The Morgan fingerprint density at radius 2 is 2.19 bits per heavy atom. The number of esters is 1. The molecule has 0 saturated carbocycles. The maximum atomic E-state index is 14.0. The summed E-state index contributed by atoms with van der Waals surface area (Å²) in [6.45, 7) is 5.33. The molecule has 16 heavy (non-hydrogen) atoms. The molecule has 1 unspecified atom stereocenters. The monoisotopic (exact) mass is 334 g/mol. The van der Waals surface area contributed by atoms with Gasteiger partial charge in [-0.05, 0) is 35.6 Å². The van der Waals surface area contributed by atoms with Gasteiger partial charge >= 0.3 is 5.97 Å². The lowest BCUT2D eigenvalue weighted by Crippen LogP contribution is -2.12. The molecule has 0 aliphatic heterocycles. The summed E-state index contributed by atoms with van der Waals surface area (Å²) in [7, 11) is 0. The fourth-order valence-corrected chi connectivity index (χ4v) is 1.86. The second kappa shape index (κ2) is 5.98. The van der Waals surface area contributed by atoms with Crippen molar-refractivity contribution < 1.29 is 13.9 Å². The minimum Gasteiger partial charge on any atom is -0.463 e. The molecule has 1 rings (SSSR count). The van der Waals surface area contributed by atoms with Gasteiger partial charge in [-0.2, -0.15) is 0 Å². The average molecular weight is 334 g/mol. The molecule has 1 atom stereocenters. The van der Waals surface area contributed by atoms with Crippen molar-refractivity contribution in [3.05, 3.63) is 45.6 Å². The van der Waals surface area contributed by atoms with E-state index in [9.17, 15) is 9.18 Å². The van der Waals surface area contributed by atoms with Gasteiger partial charge in [0.15, 0.2) is 6.17 Å². The van der Waals surface area contributed by atoms with Gasteiger partial charge in [0.25, 0.3) is 0 Å². The van der Waals surface area contributed by atoms with Crippen molar-refractivity contribution >= 4 is 28.6 Å². The molecular weight excluding hydrogens is 322 g/mol. The summed E-state index contributed by atoms with van der Waals surface area (Å²) in [4.78, 5) is 11.3. The predicted octanol–water partition coefficient (Wildman–Crippen LogP) is 3.42. The first-order valence-electron chi connectivity index (χ1n) is 4.82. The van der Waals surface area contributed by atoms with Crippen LogP contribution >= 0.6 is 22.6 Å². The summed E-state index contributed by atoms with van der Waals surface area (Å²) in [6, 6.07) is 6.95. The minimum atomic E-state index is -1.51. The molecule has 0 aromatic heterocycles. The van der Waals surface area contributed by atoms with Gasteiger partial charge in [0, 0.05) is 9.13 Å². The van der Waals surface area contributed by atoms with Crippen molar-refractivity contribution in [2.24, 2.45) is 0 Å². The van der Waals surface area contributed by atoms with Crippen LogP contribution in [0.15, 0.2) is 36.4 Å². The van der Waals surface area contributed by atoms with Crippen molar-refractivity contribution in [1.82, 2.24) is 0 Å². The van der Waals surface area contributed by atoms with Crippen LogP contribution in [0, 0.1) is 3.57 Å². The number of rotatable bonds is 4. The van der Waals surface area contributed by atoms with Gasteiger partial charge in [0.2, 0.25) is 0 Å². The fourth-order valence-electron chi connectivity index (χ4n) is 1.20. The molecule has 1 aromatic carbocycles. The molecule has 0 fully saturated rings. The van der Waals surface area contributed by atoms with Gasteiger partial charge in [0.05, 0.1) is 12.2 Å². The van der Waals surface area contributed by atoms with E-state index in [1.807, 2.05) is 28.7 Å². The van der Waals surface area contributed by atoms with Gasteiger partial charge in [0.1, 0.15) is 0 Å². The number of ether oxygens (including phenoxy) is 1. The minimum absolute atomic E-state index is 0.161. The second-order valence-corrected chi connectivity index (χ2v) is 4.29. The van der Waals surface area contributed by atoms with Crippen molar-refractivity contribution in [2.45, 2.75) is 13.1 Å². The summed E-state index contributed by atoms with van der Waals surface area (Å²) in [5.41, 5.74) is 0.284. The van der Waals surface area contributed by atoms with Gasteiger partial charge < -0.3 is 4.74 Å². The lowest BCUT2D eigenvalue weighted by Gasteiger charge is -2.12. The molecule has 0 aliphatic rings. The van der Waals surface area contributed by atoms with E-state index in [2.05, 4.69) is 6.58 Å². The summed E-state index contributed by atoms with van der Waals surface area (Å²) in [6.07, 6.45) is -1.51. The number of alkyl halides is 1. The fraction of sp³-hybridized carbons (Fsp3) is 0.250. The number of hydrogen-bond donors (Lipinski definition) is 0. The third-order valence-corrected chi connectivity index (χ3v) is 3.00. The second-order valence-electron chi connectivity index (χ2n) is 3.13. The Balaban J connectivity index is 2.86. The number of carbonyl (C=O) groups excluding carboxylic acids is 1. The van der Waals surface area contributed by atoms with Crippen molar-refractivity contribution in [3.8, 4) is 0 Å². The average Bonchev–Trinajstić information content (AvgIpc) is 2.28. The van der Waals surface area contributed by atoms with Gasteiger partial charge in [-0.3, -0.25) is 0 Å². The number of halogens is 2. The van der Waals surface area contributed by atoms with E-state index < -0.39 is 12.1 Å². The quantitative estimate of drug-likeness (QED) is 0.479. The molecule has 4 heteroatoms. The molecular formula is C12H12FIO2. The van der Waals surface area contributed by atoms with Crippen LogP contribution < -0.4 is 0 Å². The molecule has 0 bridgehead atoms. The maximum absolute atomic E-state index is 14.0. The molecule has 0 amide bonds. The normalized spacial score (nSPS) is 11.9. The molecule has 2 nitrogen and oxygen atoms in total. The first-order chi connectivity index (χ1) is 7.57. The predicted molar refractivity (Wildman–Crippen MR) is 68.8 cm³/mol. The van der Waals surface area contributed by atoms with Crippen LogP contribution in [0.1, 0.15) is 18.7 Å². The zero-order valence-electron chi connectivity index (χ0n) is 8.87. The van der Waals surface area contributed by atoms with Crippen molar-refractivity contribution in [1.29, 1.82) is 0 Å². The largest absolute Gasteiger partial charge is 0.463 e. The highest BCUT2D eigenvalue weighted by atomic mass is 127. The van der Waals surface area contributed by atoms with Crippen molar-refractivity contribution in [2.75, 3.05) is 6.61 Å². The van der Waals surface area contributed by atoms with Crippen LogP contribution in [0.4, 0.5) is 4.39 Å². The summed E-state index contributed by atoms with van der Waals surface area (Å²) in [5.74, 6) is -0.686. The number of carbonyl (C=O) groups is 1. The highest BCUT2D eigenvalue weighted by Crippen LogP contribution is 2.29. The third-order valence-electron chi connectivity index (χ3n) is 2.02. The van der Waals surface area contributed by atoms with Crippen LogP contribution in [-0.4, -0.2) is 12.6 Å². The molecule has 0 spiro atoms. The smallest absolute Gasteiger partial charge is 0.336 e. The highest BCUT2D eigenvalue weighted by molar-refractivity contribution is 14.1. The Morgan fingerprint density at radius 1 is 1.56 bits per heavy atom. The van der Waals surface area contributed by atoms with E-state index in [1.54, 1.807) is 25.1 Å². The van der Waals surface area contributed by atoms with Crippen LogP contribution in [0.3, 0.4) is 0 Å². The van der Waals surface area contributed by atoms with Gasteiger partial charge in [-0.1, -0.05) is 24.8 Å². The first kappa shape index (κ1) is 13.2. The maximum Gasteiger partial charge on any atom is 0.336 e. The van der Waals surface area contributed by atoms with E-state index >= 15 is 0 Å². The Morgan fingerprint density at radius 3 is 2.75 bits per heavy atom. The Labute approximate surface area is 108 Å². The number of benzene rings is 1. The molecule has 0 saturated heterocycles. The van der Waals surface area contributed by atoms with Gasteiger partial charge in [-0.15, -0.1) is 0 Å². The molecule has 86 valence electrons. The zero-order valence-corrected chi connectivity index (χ0v) is 11.0. The van der Waals surface area contributed by atoms with E-state index in [4.69, 9.17) is 4.74 Å². The first-order valence-corrected chi connectivity index (χ1v) is 5.90. The van der Waals surface area contributed by atoms with Crippen LogP contribution in [-0.2, 0) is 9.53 Å². The van der Waals surface area contributed by atoms with E-state index in [0.29, 0.717) is 5.56 Å². The molecule has 0 aliphatic carbocycles. The van der Waals surface area contributed by atoms with E-state index in [1.165, 1.54) is 0 Å². The highest BCUT2D eigenvalue weighted by Gasteiger charge is 2.22. The zero-order chi connectivity index (χ0) is 12.1. The van der Waals surface area contributed by atoms with Crippen molar-refractivity contribution in [3.63, 3.8) is 0 Å². The molecule has 0 radical (unpaired) electrons. The standard InChI is InChI=1S/C12H12FIO2/c1-3-16-12(15)8(2)11(13)9-6-4-5-7-10(9)14/h4-7,11H,2-3H2,1H3. The summed E-state index contributed by atoms with van der Waals surface area (Å²) in [5, 5.41) is 0. The summed E-state index contributed by atoms with van der Waals surface area (Å²) >= 11 is 2.02. The molecule has 1 aromatic rings. The van der Waals surface area contributed by atoms with Crippen LogP contribution in [0.5, 0.6) is 0 Å². The Hall–Kier alpha value is -0.910. The Bertz CT molecular complexity index is 404. The third kappa shape index (κ3) is 3.04. The lowest BCUT2D eigenvalue weighted by molar-refractivity contribution is -0.139. The topological polar surface area (TPSA) is 26.3 Å². The van der Waals surface area contributed by atoms with Crippen LogP contribution in [0.2, 0.25) is 0 Å². The van der Waals surface area contributed by atoms with Crippen LogP contribution in [0.25, 0.3) is 0 Å². The number of hydrogen-bond acceptors (Lipinski definition) is 2. The van der Waals surface area contributed by atoms with E-state index in [0.717, 1.165) is 3.57 Å². The van der Waals surface area contributed by atoms with E-state index in [-0.39, 0.29) is 12.2 Å². The van der Waals surface area contributed by atoms with Gasteiger partial charge in [-0.25, -0.2) is 9.18 Å². The lowest BCUT2D eigenvalue weighted by atomic mass is 10.0.